The van der Waals surface area contributed by atoms with E-state index < -0.39 is 0 Å². The molecule has 0 atom stereocenters. The van der Waals surface area contributed by atoms with Crippen molar-refractivity contribution in [3.05, 3.63) is 40.9 Å². The maximum atomic E-state index is 4.59. The SMILES string of the molecule is CC(C)c1ccc(-c2ncc(CSc3nnc(NC4CC4)s3)s2)cc1. The Balaban J connectivity index is 1.36. The minimum absolute atomic E-state index is 0.559. The second-order valence-electron chi connectivity index (χ2n) is 6.49. The lowest BCUT2D eigenvalue weighted by molar-refractivity contribution is 0.867. The third-order valence-electron chi connectivity index (χ3n) is 4.03. The van der Waals surface area contributed by atoms with Crippen molar-refractivity contribution in [2.75, 3.05) is 5.32 Å². The maximum Gasteiger partial charge on any atom is 0.206 e. The van der Waals surface area contributed by atoms with Crippen molar-refractivity contribution in [3.63, 3.8) is 0 Å². The van der Waals surface area contributed by atoms with Crippen LogP contribution in [-0.4, -0.2) is 21.2 Å². The van der Waals surface area contributed by atoms with Crippen molar-refractivity contribution in [1.82, 2.24) is 15.2 Å². The number of anilines is 1. The summed E-state index contributed by atoms with van der Waals surface area (Å²) in [6.45, 7) is 4.43. The molecule has 0 spiro atoms. The first-order valence-electron chi connectivity index (χ1n) is 8.45. The van der Waals surface area contributed by atoms with E-state index in [2.05, 4.69) is 58.6 Å². The average Bonchev–Trinajstić information content (AvgIpc) is 3.11. The summed E-state index contributed by atoms with van der Waals surface area (Å²) in [5.74, 6) is 1.45. The molecule has 7 heteroatoms. The van der Waals surface area contributed by atoms with Crippen LogP contribution in [0.5, 0.6) is 0 Å². The Morgan fingerprint density at radius 1 is 1.16 bits per heavy atom. The van der Waals surface area contributed by atoms with Gasteiger partial charge in [-0.1, -0.05) is 61.2 Å². The summed E-state index contributed by atoms with van der Waals surface area (Å²) in [6, 6.07) is 9.37. The molecule has 2 heterocycles. The molecule has 0 bridgehead atoms. The molecule has 4 rings (SSSR count). The highest BCUT2D eigenvalue weighted by atomic mass is 32.2. The summed E-state index contributed by atoms with van der Waals surface area (Å²) >= 11 is 5.13. The molecule has 1 fully saturated rings. The number of aromatic nitrogens is 3. The van der Waals surface area contributed by atoms with E-state index in [9.17, 15) is 0 Å². The maximum absolute atomic E-state index is 4.59. The zero-order valence-corrected chi connectivity index (χ0v) is 16.7. The Bertz CT molecular complexity index is 834. The van der Waals surface area contributed by atoms with E-state index in [0.717, 1.165) is 20.2 Å². The Hall–Kier alpha value is -1.44. The van der Waals surface area contributed by atoms with Crippen LogP contribution in [0.25, 0.3) is 10.6 Å². The van der Waals surface area contributed by atoms with Gasteiger partial charge >= 0.3 is 0 Å². The van der Waals surface area contributed by atoms with Crippen molar-refractivity contribution in [2.24, 2.45) is 0 Å². The highest BCUT2D eigenvalue weighted by molar-refractivity contribution is 8.00. The van der Waals surface area contributed by atoms with Crippen molar-refractivity contribution < 1.29 is 0 Å². The minimum Gasteiger partial charge on any atom is -0.357 e. The van der Waals surface area contributed by atoms with Gasteiger partial charge in [0, 0.05) is 28.4 Å². The highest BCUT2D eigenvalue weighted by Crippen LogP contribution is 2.34. The van der Waals surface area contributed by atoms with Crippen LogP contribution in [0, 0.1) is 0 Å². The molecule has 0 radical (unpaired) electrons. The molecular formula is C18H20N4S3. The van der Waals surface area contributed by atoms with Crippen molar-refractivity contribution in [2.45, 2.75) is 48.7 Å². The number of thiazole rings is 1. The number of nitrogens with one attached hydrogen (secondary N) is 1. The van der Waals surface area contributed by atoms with Crippen LogP contribution in [0.1, 0.15) is 43.0 Å². The van der Waals surface area contributed by atoms with Crippen LogP contribution < -0.4 is 5.32 Å². The normalized spacial score (nSPS) is 14.2. The van der Waals surface area contributed by atoms with Crippen LogP contribution in [0.3, 0.4) is 0 Å². The van der Waals surface area contributed by atoms with E-state index in [-0.39, 0.29) is 0 Å². The molecule has 130 valence electrons. The van der Waals surface area contributed by atoms with E-state index in [4.69, 9.17) is 0 Å². The van der Waals surface area contributed by atoms with Crippen LogP contribution >= 0.6 is 34.4 Å². The first-order chi connectivity index (χ1) is 12.2. The molecule has 25 heavy (non-hydrogen) atoms. The molecule has 2 aromatic heterocycles. The Morgan fingerprint density at radius 3 is 2.68 bits per heavy atom. The van der Waals surface area contributed by atoms with Gasteiger partial charge in [0.2, 0.25) is 5.13 Å². The summed E-state index contributed by atoms with van der Waals surface area (Å²) in [6.07, 6.45) is 4.49. The molecule has 1 aliphatic carbocycles. The lowest BCUT2D eigenvalue weighted by Crippen LogP contribution is -1.99. The first kappa shape index (κ1) is 17.0. The molecule has 3 aromatic rings. The second-order valence-corrected chi connectivity index (χ2v) is 9.80. The lowest BCUT2D eigenvalue weighted by Gasteiger charge is -2.05. The summed E-state index contributed by atoms with van der Waals surface area (Å²) < 4.78 is 1.01. The van der Waals surface area contributed by atoms with Gasteiger partial charge in [0.1, 0.15) is 5.01 Å². The summed E-state index contributed by atoms with van der Waals surface area (Å²) in [5, 5.41) is 13.9. The number of hydrogen-bond acceptors (Lipinski definition) is 7. The number of rotatable bonds is 7. The van der Waals surface area contributed by atoms with Gasteiger partial charge in [0.15, 0.2) is 4.34 Å². The molecule has 4 nitrogen and oxygen atoms in total. The molecular weight excluding hydrogens is 368 g/mol. The zero-order chi connectivity index (χ0) is 17.2. The lowest BCUT2D eigenvalue weighted by atomic mass is 10.0. The van der Waals surface area contributed by atoms with Crippen LogP contribution in [0.2, 0.25) is 0 Å². The topological polar surface area (TPSA) is 50.7 Å². The third-order valence-corrected chi connectivity index (χ3v) is 7.29. The van der Waals surface area contributed by atoms with E-state index in [0.29, 0.717) is 12.0 Å². The van der Waals surface area contributed by atoms with E-state index in [1.54, 1.807) is 34.4 Å². The van der Waals surface area contributed by atoms with Crippen LogP contribution in [0.4, 0.5) is 5.13 Å². The van der Waals surface area contributed by atoms with Gasteiger partial charge in [-0.15, -0.1) is 21.5 Å². The number of hydrogen-bond donors (Lipinski definition) is 1. The van der Waals surface area contributed by atoms with Gasteiger partial charge in [0.05, 0.1) is 0 Å². The van der Waals surface area contributed by atoms with Gasteiger partial charge in [0.25, 0.3) is 0 Å². The fraction of sp³-hybridized carbons (Fsp3) is 0.389. The molecule has 0 aliphatic heterocycles. The fourth-order valence-corrected chi connectivity index (χ4v) is 5.15. The Labute approximate surface area is 160 Å². The summed E-state index contributed by atoms with van der Waals surface area (Å²) in [5.41, 5.74) is 2.56. The van der Waals surface area contributed by atoms with Crippen molar-refractivity contribution in [1.29, 1.82) is 0 Å². The quantitative estimate of drug-likeness (QED) is 0.530. The van der Waals surface area contributed by atoms with E-state index in [1.807, 2.05) is 6.20 Å². The average molecular weight is 389 g/mol. The molecule has 1 aromatic carbocycles. The second kappa shape index (κ2) is 7.43. The number of nitrogens with zero attached hydrogens (tertiary/aromatic N) is 3. The predicted molar refractivity (Wildman–Crippen MR) is 108 cm³/mol. The smallest absolute Gasteiger partial charge is 0.206 e. The van der Waals surface area contributed by atoms with Crippen LogP contribution in [-0.2, 0) is 5.75 Å². The van der Waals surface area contributed by atoms with Gasteiger partial charge < -0.3 is 5.32 Å². The Morgan fingerprint density at radius 2 is 1.96 bits per heavy atom. The molecule has 0 unspecified atom stereocenters. The summed E-state index contributed by atoms with van der Waals surface area (Å²) in [4.78, 5) is 5.85. The monoisotopic (exact) mass is 388 g/mol. The van der Waals surface area contributed by atoms with Gasteiger partial charge in [-0.3, -0.25) is 0 Å². The number of thioether (sulfide) groups is 1. The van der Waals surface area contributed by atoms with E-state index >= 15 is 0 Å². The highest BCUT2D eigenvalue weighted by Gasteiger charge is 2.22. The first-order valence-corrected chi connectivity index (χ1v) is 11.1. The standard InChI is InChI=1S/C18H20N4S3/c1-11(2)12-3-5-13(6-4-12)16-19-9-15(24-16)10-23-18-22-21-17(25-18)20-14-7-8-14/h3-6,9,11,14H,7-8,10H2,1-2H3,(H,20,21). The molecule has 1 aliphatic rings. The van der Waals surface area contributed by atoms with E-state index in [1.165, 1.54) is 28.8 Å². The zero-order valence-electron chi connectivity index (χ0n) is 14.2. The van der Waals surface area contributed by atoms with Crippen molar-refractivity contribution in [3.8, 4) is 10.6 Å². The molecule has 1 N–H and O–H groups in total. The molecule has 0 saturated heterocycles. The third kappa shape index (κ3) is 4.40. The minimum atomic E-state index is 0.559. The van der Waals surface area contributed by atoms with Gasteiger partial charge in [-0.2, -0.15) is 0 Å². The van der Waals surface area contributed by atoms with Gasteiger partial charge in [-0.05, 0) is 24.3 Å². The van der Waals surface area contributed by atoms with Crippen LogP contribution in [0.15, 0.2) is 34.8 Å². The predicted octanol–water partition coefficient (Wildman–Crippen LogP) is 5.65. The Kier molecular flexibility index (Phi) is 5.05. The van der Waals surface area contributed by atoms with Gasteiger partial charge in [-0.25, -0.2) is 4.98 Å². The number of benzene rings is 1. The fourth-order valence-electron chi connectivity index (χ4n) is 2.38. The molecule has 1 saturated carbocycles. The summed E-state index contributed by atoms with van der Waals surface area (Å²) in [7, 11) is 0. The van der Waals surface area contributed by atoms with Crippen molar-refractivity contribution >= 4 is 39.6 Å². The largest absolute Gasteiger partial charge is 0.357 e. The molecule has 0 amide bonds.